The number of benzene rings is 1. The zero-order valence-electron chi connectivity index (χ0n) is 17.9. The normalized spacial score (nSPS) is 35.6. The minimum absolute atomic E-state index is 0.0100. The van der Waals surface area contributed by atoms with Crippen molar-refractivity contribution in [3.63, 3.8) is 0 Å². The number of hydrogen-bond acceptors (Lipinski definition) is 4. The van der Waals surface area contributed by atoms with Gasteiger partial charge in [-0.25, -0.2) is 4.98 Å². The highest BCUT2D eigenvalue weighted by Gasteiger charge is 2.58. The zero-order valence-corrected chi connectivity index (χ0v) is 17.9. The molecule has 1 aliphatic heterocycles. The lowest BCUT2D eigenvalue weighted by Crippen LogP contribution is -2.62. The summed E-state index contributed by atoms with van der Waals surface area (Å²) in [7, 11) is 0. The summed E-state index contributed by atoms with van der Waals surface area (Å²) in [6.07, 6.45) is 10.2. The van der Waals surface area contributed by atoms with Crippen molar-refractivity contribution in [1.82, 2.24) is 14.9 Å². The number of rotatable bonds is 6. The molecule has 6 unspecified atom stereocenters. The molecule has 0 radical (unpaired) electrons. The minimum atomic E-state index is -0.340. The molecule has 4 aliphatic carbocycles. The molecule has 1 aromatic heterocycles. The summed E-state index contributed by atoms with van der Waals surface area (Å²) in [6.45, 7) is 0.401. The lowest BCUT2D eigenvalue weighted by molar-refractivity contribution is -0.145. The largest absolute Gasteiger partial charge is 0.392 e. The maximum absolute atomic E-state index is 12.2. The van der Waals surface area contributed by atoms with Crippen LogP contribution in [0.3, 0.4) is 0 Å². The summed E-state index contributed by atoms with van der Waals surface area (Å²) in [4.78, 5) is 16.6. The fraction of sp³-hybridized carbons (Fsp3) is 0.600. The van der Waals surface area contributed by atoms with E-state index in [-0.39, 0.29) is 29.5 Å². The number of amides is 1. The SMILES string of the molecule is NCCC(=O)NC1C2CC3C[C@@H]1CC(C(O)CC1c4ccccc4-c4cncn41)(C3)C2. The van der Waals surface area contributed by atoms with Gasteiger partial charge in [-0.1, -0.05) is 24.3 Å². The fourth-order valence-electron chi connectivity index (χ4n) is 7.75. The standard InChI is InChI=1S/C25H32N4O2/c26-6-5-23(31)28-24-16-7-15-8-17(24)12-25(10-15,11-16)22(30)9-20-18-3-1-2-4-19(18)21-13-27-14-29(20)21/h1-4,13-17,20,22,24,30H,5-12,26H2,(H,28,31)/t15?,16-,17?,20?,22?,24?,25?/m1/s1. The summed E-state index contributed by atoms with van der Waals surface area (Å²) in [5.74, 6) is 1.75. The highest BCUT2D eigenvalue weighted by molar-refractivity contribution is 5.76. The van der Waals surface area contributed by atoms with Gasteiger partial charge in [0.05, 0.1) is 30.4 Å². The van der Waals surface area contributed by atoms with Crippen LogP contribution in [0.4, 0.5) is 0 Å². The van der Waals surface area contributed by atoms with Gasteiger partial charge in [0.25, 0.3) is 0 Å². The molecule has 7 rings (SSSR count). The Morgan fingerprint density at radius 2 is 2.03 bits per heavy atom. The van der Waals surface area contributed by atoms with E-state index in [2.05, 4.69) is 39.1 Å². The number of aliphatic hydroxyl groups is 1. The molecule has 31 heavy (non-hydrogen) atoms. The highest BCUT2D eigenvalue weighted by atomic mass is 16.3. The third-order valence-corrected chi connectivity index (χ3v) is 8.77. The molecular formula is C25H32N4O2. The smallest absolute Gasteiger partial charge is 0.221 e. The van der Waals surface area contributed by atoms with Gasteiger partial charge in [-0.05, 0) is 67.3 Å². The van der Waals surface area contributed by atoms with Crippen LogP contribution >= 0.6 is 0 Å². The minimum Gasteiger partial charge on any atom is -0.392 e. The average Bonchev–Trinajstić information content (AvgIpc) is 3.33. The van der Waals surface area contributed by atoms with Crippen LogP contribution in [0.5, 0.6) is 0 Å². The summed E-state index contributed by atoms with van der Waals surface area (Å²) >= 11 is 0. The van der Waals surface area contributed by atoms with Crippen molar-refractivity contribution in [2.45, 2.75) is 63.1 Å². The topological polar surface area (TPSA) is 93.2 Å². The van der Waals surface area contributed by atoms with Crippen molar-refractivity contribution < 1.29 is 9.90 Å². The van der Waals surface area contributed by atoms with Gasteiger partial charge in [-0.2, -0.15) is 0 Å². The first kappa shape index (κ1) is 19.5. The number of aromatic nitrogens is 2. The quantitative estimate of drug-likeness (QED) is 0.670. The molecule has 2 aromatic rings. The van der Waals surface area contributed by atoms with Crippen LogP contribution in [0.25, 0.3) is 11.3 Å². The fourth-order valence-corrected chi connectivity index (χ4v) is 7.75. The van der Waals surface area contributed by atoms with E-state index in [1.165, 1.54) is 24.0 Å². The Bertz CT molecular complexity index is 985. The van der Waals surface area contributed by atoms with Crippen molar-refractivity contribution in [2.75, 3.05) is 6.54 Å². The van der Waals surface area contributed by atoms with E-state index >= 15 is 0 Å². The predicted octanol–water partition coefficient (Wildman–Crippen LogP) is 2.86. The Hall–Kier alpha value is -2.18. The van der Waals surface area contributed by atoms with Crippen molar-refractivity contribution in [2.24, 2.45) is 28.9 Å². The van der Waals surface area contributed by atoms with Crippen molar-refractivity contribution >= 4 is 5.91 Å². The number of nitrogens with one attached hydrogen (secondary N) is 1. The maximum Gasteiger partial charge on any atom is 0.221 e. The van der Waals surface area contributed by atoms with Crippen LogP contribution in [0, 0.1) is 23.2 Å². The Balaban J connectivity index is 1.23. The molecule has 7 atom stereocenters. The van der Waals surface area contributed by atoms with E-state index in [1.807, 2.05) is 12.5 Å². The number of fused-ring (bicyclic) bond motifs is 3. The van der Waals surface area contributed by atoms with Crippen LogP contribution in [0.1, 0.15) is 56.6 Å². The third kappa shape index (κ3) is 2.99. The highest BCUT2D eigenvalue weighted by Crippen LogP contribution is 2.62. The molecule has 164 valence electrons. The third-order valence-electron chi connectivity index (χ3n) is 8.77. The summed E-state index contributed by atoms with van der Waals surface area (Å²) in [5.41, 5.74) is 9.26. The monoisotopic (exact) mass is 420 g/mol. The van der Waals surface area contributed by atoms with E-state index < -0.39 is 0 Å². The first-order valence-electron chi connectivity index (χ1n) is 11.9. The van der Waals surface area contributed by atoms with Crippen molar-refractivity contribution in [3.05, 3.63) is 42.4 Å². The van der Waals surface area contributed by atoms with Crippen LogP contribution in [0.15, 0.2) is 36.8 Å². The van der Waals surface area contributed by atoms with Crippen LogP contribution in [-0.2, 0) is 4.79 Å². The second-order valence-corrected chi connectivity index (χ2v) is 10.5. The van der Waals surface area contributed by atoms with Crippen molar-refractivity contribution in [1.29, 1.82) is 0 Å². The van der Waals surface area contributed by atoms with Gasteiger partial charge < -0.3 is 20.7 Å². The Morgan fingerprint density at radius 1 is 1.26 bits per heavy atom. The second-order valence-electron chi connectivity index (χ2n) is 10.5. The predicted molar refractivity (Wildman–Crippen MR) is 118 cm³/mol. The number of imidazole rings is 1. The first-order chi connectivity index (χ1) is 15.1. The lowest BCUT2D eigenvalue weighted by Gasteiger charge is -2.61. The van der Waals surface area contributed by atoms with Crippen LogP contribution < -0.4 is 11.1 Å². The average molecular weight is 421 g/mol. The van der Waals surface area contributed by atoms with Crippen molar-refractivity contribution in [3.8, 4) is 11.3 Å². The molecule has 1 aromatic carbocycles. The van der Waals surface area contributed by atoms with Gasteiger partial charge in [0.15, 0.2) is 0 Å². The number of nitrogens with zero attached hydrogens (tertiary/aromatic N) is 2. The zero-order chi connectivity index (χ0) is 21.2. The number of hydrogen-bond donors (Lipinski definition) is 3. The van der Waals surface area contributed by atoms with E-state index in [0.717, 1.165) is 31.4 Å². The molecule has 4 fully saturated rings. The summed E-state index contributed by atoms with van der Waals surface area (Å²) in [5, 5.41) is 15.0. The molecule has 6 heteroatoms. The molecule has 6 nitrogen and oxygen atoms in total. The number of carbonyl (C=O) groups excluding carboxylic acids is 1. The lowest BCUT2D eigenvalue weighted by atomic mass is 9.46. The molecule has 4 bridgehead atoms. The van der Waals surface area contributed by atoms with Gasteiger partial charge in [0.1, 0.15) is 0 Å². The van der Waals surface area contributed by atoms with Crippen LogP contribution in [0.2, 0.25) is 0 Å². The number of carbonyl (C=O) groups is 1. The van der Waals surface area contributed by atoms with Gasteiger partial charge in [-0.3, -0.25) is 4.79 Å². The van der Waals surface area contributed by atoms with Crippen LogP contribution in [-0.4, -0.2) is 39.3 Å². The Labute approximate surface area is 183 Å². The van der Waals surface area contributed by atoms with E-state index in [4.69, 9.17) is 5.73 Å². The molecule has 0 spiro atoms. The molecule has 0 saturated heterocycles. The maximum atomic E-state index is 12.2. The molecule has 4 saturated carbocycles. The van der Waals surface area contributed by atoms with E-state index in [0.29, 0.717) is 30.7 Å². The number of aliphatic hydroxyl groups excluding tert-OH is 1. The molecule has 2 heterocycles. The molecule has 1 amide bonds. The van der Waals surface area contributed by atoms with Gasteiger partial charge in [-0.15, -0.1) is 0 Å². The van der Waals surface area contributed by atoms with E-state index in [1.54, 1.807) is 0 Å². The molecular weight excluding hydrogens is 388 g/mol. The number of nitrogens with two attached hydrogens (primary N) is 1. The second kappa shape index (κ2) is 7.17. The first-order valence-corrected chi connectivity index (χ1v) is 11.9. The van der Waals surface area contributed by atoms with Gasteiger partial charge in [0.2, 0.25) is 5.91 Å². The van der Waals surface area contributed by atoms with Gasteiger partial charge >= 0.3 is 0 Å². The van der Waals surface area contributed by atoms with E-state index in [9.17, 15) is 9.90 Å². The molecule has 4 N–H and O–H groups in total. The Kier molecular flexibility index (Phi) is 4.51. The molecule has 5 aliphatic rings. The summed E-state index contributed by atoms with van der Waals surface area (Å²) in [6, 6.07) is 8.95. The summed E-state index contributed by atoms with van der Waals surface area (Å²) < 4.78 is 2.24. The van der Waals surface area contributed by atoms with Gasteiger partial charge in [0, 0.05) is 24.6 Å². The Morgan fingerprint density at radius 3 is 2.81 bits per heavy atom.